The molecule has 0 amide bonds. The Kier molecular flexibility index (Phi) is 5.24. The molecule has 1 aliphatic carbocycles. The zero-order valence-electron chi connectivity index (χ0n) is 14.1. The minimum absolute atomic E-state index is 0.0192. The van der Waals surface area contributed by atoms with Gasteiger partial charge in [0.1, 0.15) is 0 Å². The van der Waals surface area contributed by atoms with Crippen molar-refractivity contribution in [3.63, 3.8) is 0 Å². The minimum atomic E-state index is -0.958. The molecule has 6 heteroatoms. The average molecular weight is 386 g/mol. The zero-order chi connectivity index (χ0) is 17.9. The lowest BCUT2D eigenvalue weighted by atomic mass is 9.94. The molecule has 0 radical (unpaired) electrons. The Morgan fingerprint density at radius 1 is 1.15 bits per heavy atom. The van der Waals surface area contributed by atoms with Crippen LogP contribution in [0.15, 0.2) is 59.5 Å². The Morgan fingerprint density at radius 3 is 2.73 bits per heavy atom. The molecule has 2 aromatic rings. The van der Waals surface area contributed by atoms with E-state index >= 15 is 0 Å². The third-order valence-electron chi connectivity index (χ3n) is 4.38. The first-order chi connectivity index (χ1) is 12.7. The van der Waals surface area contributed by atoms with E-state index in [0.717, 1.165) is 29.9 Å². The zero-order valence-corrected chi connectivity index (χ0v) is 15.8. The molecule has 0 bridgehead atoms. The van der Waals surface area contributed by atoms with Crippen LogP contribution in [0.4, 0.5) is 0 Å². The number of carbonyl (C=O) groups is 1. The van der Waals surface area contributed by atoms with Gasteiger partial charge in [0.15, 0.2) is 11.3 Å². The molecule has 0 fully saturated rings. The van der Waals surface area contributed by atoms with E-state index in [1.54, 1.807) is 23.5 Å². The van der Waals surface area contributed by atoms with E-state index in [9.17, 15) is 4.79 Å². The molecule has 0 aromatic heterocycles. The Morgan fingerprint density at radius 2 is 1.92 bits per heavy atom. The second-order valence-corrected chi connectivity index (χ2v) is 8.69. The van der Waals surface area contributed by atoms with Crippen LogP contribution in [-0.2, 0) is 21.8 Å². The molecule has 1 unspecified atom stereocenters. The molecule has 0 saturated heterocycles. The van der Waals surface area contributed by atoms with Crippen LogP contribution in [0, 0.1) is 0 Å². The highest BCUT2D eigenvalue weighted by Crippen LogP contribution is 2.52. The summed E-state index contributed by atoms with van der Waals surface area (Å²) in [6.45, 7) is -0.331. The Balaban J connectivity index is 1.57. The largest absolute Gasteiger partial charge is 0.479 e. The van der Waals surface area contributed by atoms with E-state index in [1.165, 1.54) is 16.0 Å². The molecule has 1 N–H and O–H groups in total. The normalized spacial score (nSPS) is 18.6. The second kappa shape index (κ2) is 7.78. The number of carboxylic acids is 1. The van der Waals surface area contributed by atoms with Crippen molar-refractivity contribution in [3.05, 3.63) is 76.2 Å². The van der Waals surface area contributed by atoms with Gasteiger partial charge < -0.3 is 5.11 Å². The molecule has 2 aromatic carbocycles. The lowest BCUT2D eigenvalue weighted by Crippen LogP contribution is -2.29. The van der Waals surface area contributed by atoms with Gasteiger partial charge in [-0.1, -0.05) is 66.4 Å². The van der Waals surface area contributed by atoms with Crippen molar-refractivity contribution in [1.82, 2.24) is 5.06 Å². The standard InChI is InChI=1S/C20H19NO3S2/c22-18(23)12-24-21-19-16-9-5-4-8-15(16)10-11-17(19)26-20(21)25-13-14-6-2-1-3-7-14/h1-9,20H,10-13H2,(H,22,23). The number of thioether (sulfide) groups is 2. The van der Waals surface area contributed by atoms with E-state index in [-0.39, 0.29) is 11.3 Å². The number of aryl methyl sites for hydroxylation is 1. The van der Waals surface area contributed by atoms with Crippen molar-refractivity contribution in [3.8, 4) is 0 Å². The van der Waals surface area contributed by atoms with E-state index in [4.69, 9.17) is 9.94 Å². The highest BCUT2D eigenvalue weighted by atomic mass is 32.2. The summed E-state index contributed by atoms with van der Waals surface area (Å²) in [5.74, 6) is -0.104. The minimum Gasteiger partial charge on any atom is -0.479 e. The summed E-state index contributed by atoms with van der Waals surface area (Å²) in [7, 11) is 0. The van der Waals surface area contributed by atoms with Gasteiger partial charge >= 0.3 is 5.97 Å². The van der Waals surface area contributed by atoms with Crippen molar-refractivity contribution in [2.45, 2.75) is 23.3 Å². The molecule has 4 nitrogen and oxygen atoms in total. The fourth-order valence-electron chi connectivity index (χ4n) is 3.21. The average Bonchev–Trinajstić information content (AvgIpc) is 3.03. The molecular formula is C20H19NO3S2. The highest BCUT2D eigenvalue weighted by molar-refractivity contribution is 8.18. The van der Waals surface area contributed by atoms with Gasteiger partial charge in [-0.3, -0.25) is 4.84 Å². The maximum atomic E-state index is 11.1. The molecule has 1 heterocycles. The number of hydroxylamine groups is 2. The summed E-state index contributed by atoms with van der Waals surface area (Å²) < 4.78 is 0.0192. The topological polar surface area (TPSA) is 49.8 Å². The Bertz CT molecular complexity index is 838. The number of allylic oxidation sites excluding steroid dienone is 1. The first-order valence-electron chi connectivity index (χ1n) is 8.50. The van der Waals surface area contributed by atoms with Crippen LogP contribution in [0.25, 0.3) is 5.70 Å². The second-order valence-electron chi connectivity index (χ2n) is 6.14. The Hall–Kier alpha value is -1.89. The van der Waals surface area contributed by atoms with Gasteiger partial charge in [-0.2, -0.15) is 0 Å². The maximum Gasteiger partial charge on any atom is 0.332 e. The molecule has 0 spiro atoms. The van der Waals surface area contributed by atoms with Crippen LogP contribution in [0.2, 0.25) is 0 Å². The van der Waals surface area contributed by atoms with Gasteiger partial charge in [-0.15, -0.1) is 11.8 Å². The van der Waals surface area contributed by atoms with Gasteiger partial charge in [0, 0.05) is 16.2 Å². The van der Waals surface area contributed by atoms with Crippen LogP contribution < -0.4 is 0 Å². The van der Waals surface area contributed by atoms with E-state index in [2.05, 4.69) is 30.3 Å². The summed E-state index contributed by atoms with van der Waals surface area (Å²) in [6.07, 6.45) is 2.00. The first kappa shape index (κ1) is 17.5. The van der Waals surface area contributed by atoms with Gasteiger partial charge in [-0.05, 0) is 24.0 Å². The molecular weight excluding hydrogens is 366 g/mol. The molecule has 2 aliphatic rings. The van der Waals surface area contributed by atoms with Gasteiger partial charge in [0.2, 0.25) is 0 Å². The SMILES string of the molecule is O=C(O)CON1C2=C(CCc3ccccc32)SC1SCc1ccccc1. The van der Waals surface area contributed by atoms with Gasteiger partial charge in [0.05, 0.1) is 5.70 Å². The molecule has 26 heavy (non-hydrogen) atoms. The number of carboxylic acid groups (broad SMARTS) is 1. The van der Waals surface area contributed by atoms with Crippen LogP contribution >= 0.6 is 23.5 Å². The summed E-state index contributed by atoms with van der Waals surface area (Å²) in [5.41, 5.74) is 4.75. The molecule has 1 atom stereocenters. The van der Waals surface area contributed by atoms with Crippen molar-refractivity contribution in [2.24, 2.45) is 0 Å². The number of aliphatic carboxylic acids is 1. The number of benzene rings is 2. The molecule has 0 saturated carbocycles. The van der Waals surface area contributed by atoms with Crippen molar-refractivity contribution < 1.29 is 14.7 Å². The van der Waals surface area contributed by atoms with Gasteiger partial charge in [-0.25, -0.2) is 9.86 Å². The van der Waals surface area contributed by atoms with Gasteiger partial charge in [0.25, 0.3) is 0 Å². The predicted molar refractivity (Wildman–Crippen MR) is 106 cm³/mol. The maximum absolute atomic E-state index is 11.1. The van der Waals surface area contributed by atoms with Crippen molar-refractivity contribution >= 4 is 35.2 Å². The number of fused-ring (bicyclic) bond motifs is 2. The Labute approximate surface area is 161 Å². The van der Waals surface area contributed by atoms with Crippen LogP contribution in [0.3, 0.4) is 0 Å². The smallest absolute Gasteiger partial charge is 0.332 e. The third kappa shape index (κ3) is 3.63. The summed E-state index contributed by atoms with van der Waals surface area (Å²) in [6, 6.07) is 18.6. The fraction of sp³-hybridized carbons (Fsp3) is 0.250. The van der Waals surface area contributed by atoms with Crippen molar-refractivity contribution in [1.29, 1.82) is 0 Å². The summed E-state index contributed by atoms with van der Waals surface area (Å²) in [4.78, 5) is 18.1. The lowest BCUT2D eigenvalue weighted by molar-refractivity contribution is -0.159. The van der Waals surface area contributed by atoms with Crippen LogP contribution in [-0.4, -0.2) is 27.5 Å². The predicted octanol–water partition coefficient (Wildman–Crippen LogP) is 4.58. The summed E-state index contributed by atoms with van der Waals surface area (Å²) >= 11 is 3.55. The van der Waals surface area contributed by atoms with Crippen LogP contribution in [0.5, 0.6) is 0 Å². The number of hydrogen-bond acceptors (Lipinski definition) is 5. The van der Waals surface area contributed by atoms with E-state index in [0.29, 0.717) is 0 Å². The summed E-state index contributed by atoms with van der Waals surface area (Å²) in [5, 5.41) is 10.9. The lowest BCUT2D eigenvalue weighted by Gasteiger charge is -2.28. The number of hydrogen-bond donors (Lipinski definition) is 1. The van der Waals surface area contributed by atoms with E-state index < -0.39 is 5.97 Å². The third-order valence-corrected chi connectivity index (χ3v) is 7.12. The quantitative estimate of drug-likeness (QED) is 0.785. The number of rotatable bonds is 6. The monoisotopic (exact) mass is 385 g/mol. The molecule has 1 aliphatic heterocycles. The first-order valence-corrected chi connectivity index (χ1v) is 10.4. The molecule has 134 valence electrons. The highest BCUT2D eigenvalue weighted by Gasteiger charge is 2.37. The molecule has 4 rings (SSSR count). The van der Waals surface area contributed by atoms with E-state index in [1.807, 2.05) is 29.3 Å². The fourth-order valence-corrected chi connectivity index (χ4v) is 5.90. The van der Waals surface area contributed by atoms with Crippen molar-refractivity contribution in [2.75, 3.05) is 6.61 Å². The number of nitrogens with zero attached hydrogens (tertiary/aromatic N) is 1. The van der Waals surface area contributed by atoms with Crippen LogP contribution in [0.1, 0.15) is 23.1 Å².